The lowest BCUT2D eigenvalue weighted by atomic mass is 9.96. The van der Waals surface area contributed by atoms with E-state index in [0.29, 0.717) is 33.5 Å². The summed E-state index contributed by atoms with van der Waals surface area (Å²) < 4.78 is 30.4. The minimum atomic E-state index is -1.10. The molecule has 0 saturated heterocycles. The second-order valence-corrected chi connectivity index (χ2v) is 8.92. The number of anilines is 1. The topological polar surface area (TPSA) is 95.4 Å². The Balaban J connectivity index is 1.58. The number of halogens is 3. The summed E-state index contributed by atoms with van der Waals surface area (Å²) in [6, 6.07) is 2.87. The molecule has 3 atom stereocenters. The largest absolute Gasteiger partial charge is 0.339 e. The van der Waals surface area contributed by atoms with Gasteiger partial charge < -0.3 is 14.6 Å². The van der Waals surface area contributed by atoms with Gasteiger partial charge in [-0.15, -0.1) is 0 Å². The maximum atomic E-state index is 15.6. The van der Waals surface area contributed by atoms with Crippen molar-refractivity contribution in [3.63, 3.8) is 0 Å². The van der Waals surface area contributed by atoms with Gasteiger partial charge in [-0.3, -0.25) is 14.7 Å². The minimum absolute atomic E-state index is 0.0941. The Morgan fingerprint density at radius 2 is 2.09 bits per heavy atom. The highest BCUT2D eigenvalue weighted by Gasteiger charge is 2.43. The Kier molecular flexibility index (Phi) is 5.27. The molecule has 0 aliphatic heterocycles. The molecular weight excluding hydrogens is 466 g/mol. The molecular formula is C23H21ClF2N6O2. The highest BCUT2D eigenvalue weighted by Crippen LogP contribution is 2.42. The van der Waals surface area contributed by atoms with Crippen molar-refractivity contribution in [2.24, 2.45) is 5.92 Å². The van der Waals surface area contributed by atoms with Crippen molar-refractivity contribution in [1.82, 2.24) is 24.5 Å². The number of benzene rings is 1. The molecule has 2 amide bonds. The number of aromatic amines is 1. The summed E-state index contributed by atoms with van der Waals surface area (Å²) in [4.78, 5) is 29.6. The molecule has 1 unspecified atom stereocenters. The fourth-order valence-corrected chi connectivity index (χ4v) is 4.44. The molecule has 1 aliphatic rings. The zero-order valence-electron chi connectivity index (χ0n) is 18.6. The van der Waals surface area contributed by atoms with E-state index in [-0.39, 0.29) is 22.9 Å². The molecule has 1 fully saturated rings. The van der Waals surface area contributed by atoms with E-state index < -0.39 is 29.9 Å². The number of alkyl halides is 1. The predicted molar refractivity (Wildman–Crippen MR) is 124 cm³/mol. The second kappa shape index (κ2) is 8.05. The van der Waals surface area contributed by atoms with Gasteiger partial charge >= 0.3 is 0 Å². The number of imidazole rings is 1. The Morgan fingerprint density at radius 1 is 1.35 bits per heavy atom. The molecule has 4 aromatic rings. The van der Waals surface area contributed by atoms with E-state index in [4.69, 9.17) is 11.6 Å². The Bertz CT molecular complexity index is 1460. The Morgan fingerprint density at radius 3 is 2.76 bits per heavy atom. The van der Waals surface area contributed by atoms with Crippen LogP contribution in [0.2, 0.25) is 5.02 Å². The molecule has 11 heteroatoms. The number of aromatic nitrogens is 4. The van der Waals surface area contributed by atoms with Crippen LogP contribution in [-0.2, 0) is 9.59 Å². The number of amides is 2. The average Bonchev–Trinajstić information content (AvgIpc) is 3.17. The van der Waals surface area contributed by atoms with Crippen molar-refractivity contribution in [2.45, 2.75) is 32.5 Å². The van der Waals surface area contributed by atoms with Crippen LogP contribution in [0.5, 0.6) is 0 Å². The first-order valence-electron chi connectivity index (χ1n) is 10.7. The molecule has 5 rings (SSSR count). The van der Waals surface area contributed by atoms with E-state index in [2.05, 4.69) is 20.5 Å². The predicted octanol–water partition coefficient (Wildman–Crippen LogP) is 4.51. The van der Waals surface area contributed by atoms with Crippen LogP contribution in [0.3, 0.4) is 0 Å². The number of fused-ring (bicyclic) bond motifs is 2. The number of hydrogen-bond donors (Lipinski definition) is 2. The van der Waals surface area contributed by atoms with Gasteiger partial charge in [0.05, 0.1) is 34.9 Å². The molecule has 34 heavy (non-hydrogen) atoms. The van der Waals surface area contributed by atoms with E-state index in [1.165, 1.54) is 11.8 Å². The van der Waals surface area contributed by atoms with Crippen LogP contribution >= 0.6 is 11.6 Å². The lowest BCUT2D eigenvalue weighted by Crippen LogP contribution is -2.28. The van der Waals surface area contributed by atoms with Gasteiger partial charge in [0.2, 0.25) is 11.8 Å². The van der Waals surface area contributed by atoms with Gasteiger partial charge in [-0.05, 0) is 25.5 Å². The first-order chi connectivity index (χ1) is 16.2. The van der Waals surface area contributed by atoms with Gasteiger partial charge in [0.1, 0.15) is 17.6 Å². The van der Waals surface area contributed by atoms with E-state index in [9.17, 15) is 14.0 Å². The van der Waals surface area contributed by atoms with Gasteiger partial charge in [0.15, 0.2) is 5.82 Å². The number of nitrogens with one attached hydrogen (secondary N) is 2. The van der Waals surface area contributed by atoms with Gasteiger partial charge in [-0.2, -0.15) is 5.10 Å². The highest BCUT2D eigenvalue weighted by molar-refractivity contribution is 6.35. The number of hydrogen-bond acceptors (Lipinski definition) is 4. The molecule has 0 radical (unpaired) electrons. The SMILES string of the molecule is CC(=O)N(C)C(C)c1c(F)c(Cl)c(-c2ccc3nc(NC(=O)[C@@H]4C[C@@H]4F)cn3c2)c2cn[nH]c12. The summed E-state index contributed by atoms with van der Waals surface area (Å²) in [5, 5.41) is 10.1. The molecule has 8 nitrogen and oxygen atoms in total. The lowest BCUT2D eigenvalue weighted by molar-refractivity contribution is -0.129. The summed E-state index contributed by atoms with van der Waals surface area (Å²) in [6.45, 7) is 3.13. The summed E-state index contributed by atoms with van der Waals surface area (Å²) in [5.74, 6) is -1.58. The van der Waals surface area contributed by atoms with Crippen LogP contribution in [-0.4, -0.2) is 49.5 Å². The monoisotopic (exact) mass is 486 g/mol. The molecule has 3 aromatic heterocycles. The minimum Gasteiger partial charge on any atom is -0.339 e. The number of rotatable bonds is 5. The third-order valence-electron chi connectivity index (χ3n) is 6.36. The van der Waals surface area contributed by atoms with E-state index in [1.54, 1.807) is 49.1 Å². The third-order valence-corrected chi connectivity index (χ3v) is 6.72. The average molecular weight is 487 g/mol. The fourth-order valence-electron chi connectivity index (χ4n) is 4.13. The lowest BCUT2D eigenvalue weighted by Gasteiger charge is -2.25. The summed E-state index contributed by atoms with van der Waals surface area (Å²) in [5.41, 5.74) is 2.27. The number of pyridine rings is 1. The maximum Gasteiger partial charge on any atom is 0.231 e. The molecule has 2 N–H and O–H groups in total. The quantitative estimate of drug-likeness (QED) is 0.434. The zero-order valence-corrected chi connectivity index (χ0v) is 19.3. The molecule has 176 valence electrons. The Hall–Kier alpha value is -3.53. The first-order valence-corrected chi connectivity index (χ1v) is 11.1. The number of H-pyrrole nitrogens is 1. The van der Waals surface area contributed by atoms with Crippen molar-refractivity contribution in [3.8, 4) is 11.1 Å². The summed E-state index contributed by atoms with van der Waals surface area (Å²) >= 11 is 6.54. The third kappa shape index (κ3) is 3.58. The number of carbonyl (C=O) groups is 2. The molecule has 1 saturated carbocycles. The van der Waals surface area contributed by atoms with Crippen LogP contribution in [0, 0.1) is 11.7 Å². The molecule has 0 bridgehead atoms. The number of carbonyl (C=O) groups excluding carboxylic acids is 2. The van der Waals surface area contributed by atoms with Gasteiger partial charge in [0, 0.05) is 42.2 Å². The van der Waals surface area contributed by atoms with Crippen LogP contribution in [0.4, 0.5) is 14.6 Å². The zero-order chi connectivity index (χ0) is 24.3. The van der Waals surface area contributed by atoms with Crippen molar-refractivity contribution in [1.29, 1.82) is 0 Å². The van der Waals surface area contributed by atoms with Crippen molar-refractivity contribution < 1.29 is 18.4 Å². The van der Waals surface area contributed by atoms with E-state index >= 15 is 4.39 Å². The van der Waals surface area contributed by atoms with Crippen LogP contribution in [0.15, 0.2) is 30.7 Å². The molecule has 1 aliphatic carbocycles. The second-order valence-electron chi connectivity index (χ2n) is 8.54. The van der Waals surface area contributed by atoms with Crippen molar-refractivity contribution in [2.75, 3.05) is 12.4 Å². The number of nitrogens with zero attached hydrogens (tertiary/aromatic N) is 4. The first kappa shape index (κ1) is 22.3. The normalized spacial score (nSPS) is 18.3. The maximum absolute atomic E-state index is 15.6. The van der Waals surface area contributed by atoms with Crippen molar-refractivity contribution >= 4 is 45.8 Å². The van der Waals surface area contributed by atoms with Gasteiger partial charge in [-0.25, -0.2) is 13.8 Å². The van der Waals surface area contributed by atoms with E-state index in [1.807, 2.05) is 0 Å². The van der Waals surface area contributed by atoms with Crippen LogP contribution in [0.25, 0.3) is 27.7 Å². The molecule has 3 heterocycles. The standard InChI is InChI=1S/C23H21ClF2N6O2/c1-10(31(3)11(2)33)18-21(26)20(24)19(14-7-27-30-22(14)18)12-4-5-17-28-16(9-32(17)8-12)29-23(34)13-6-15(13)25/h4-5,7-10,13,15H,6H2,1-3H3,(H,27,30)(H,29,34)/t10?,13-,15+/m1/s1. The van der Waals surface area contributed by atoms with Gasteiger partial charge in [-0.1, -0.05) is 11.6 Å². The van der Waals surface area contributed by atoms with E-state index in [0.717, 1.165) is 0 Å². The smallest absolute Gasteiger partial charge is 0.231 e. The summed E-state index contributed by atoms with van der Waals surface area (Å²) in [7, 11) is 1.59. The van der Waals surface area contributed by atoms with Crippen LogP contribution < -0.4 is 5.32 Å². The van der Waals surface area contributed by atoms with Crippen LogP contribution in [0.1, 0.15) is 31.9 Å². The van der Waals surface area contributed by atoms with Crippen molar-refractivity contribution in [3.05, 3.63) is 47.1 Å². The Labute approximate surface area is 197 Å². The fraction of sp³-hybridized carbons (Fsp3) is 0.304. The summed E-state index contributed by atoms with van der Waals surface area (Å²) in [6.07, 6.45) is 4.00. The highest BCUT2D eigenvalue weighted by atomic mass is 35.5. The van der Waals surface area contributed by atoms with Gasteiger partial charge in [0.25, 0.3) is 0 Å². The molecule has 0 spiro atoms. The molecule has 1 aromatic carbocycles.